The fraction of sp³-hybridized carbons (Fsp3) is 0.667. The molecule has 4 heteroatoms. The molecule has 0 N–H and O–H groups in total. The average molecular weight is 344 g/mol. The van der Waals surface area contributed by atoms with E-state index in [9.17, 15) is 4.79 Å². The van der Waals surface area contributed by atoms with E-state index in [4.69, 9.17) is 0 Å². The van der Waals surface area contributed by atoms with Crippen molar-refractivity contribution in [2.75, 3.05) is 39.3 Å². The van der Waals surface area contributed by atoms with E-state index >= 15 is 0 Å². The first kappa shape index (κ1) is 18.4. The second-order valence-corrected chi connectivity index (χ2v) is 7.98. The minimum atomic E-state index is 0.0227. The molecule has 138 valence electrons. The maximum atomic E-state index is 12.8. The highest BCUT2D eigenvalue weighted by atomic mass is 16.2. The van der Waals surface area contributed by atoms with Gasteiger partial charge in [-0.05, 0) is 38.2 Å². The molecule has 0 saturated carbocycles. The van der Waals surface area contributed by atoms with Gasteiger partial charge in [0.15, 0.2) is 0 Å². The highest BCUT2D eigenvalue weighted by Crippen LogP contribution is 2.19. The van der Waals surface area contributed by atoms with Gasteiger partial charge in [-0.1, -0.05) is 36.8 Å². The third-order valence-corrected chi connectivity index (χ3v) is 5.90. The Labute approximate surface area is 152 Å². The van der Waals surface area contributed by atoms with E-state index < -0.39 is 0 Å². The molecule has 2 saturated heterocycles. The van der Waals surface area contributed by atoms with Crippen LogP contribution in [0.3, 0.4) is 0 Å². The standard InChI is InChI=1S/C21H33N3O/c1-17-7-9-24(10-8-17)21(25)19(3)23-13-11-22(12-14-23)16-20-6-4-5-18(2)15-20/h4-6,15,17,19H,7-14,16H2,1-3H3. The van der Waals surface area contributed by atoms with Gasteiger partial charge in [-0.2, -0.15) is 0 Å². The predicted octanol–water partition coefficient (Wildman–Crippen LogP) is 2.76. The number of hydrogen-bond donors (Lipinski definition) is 0. The van der Waals surface area contributed by atoms with Crippen molar-refractivity contribution in [3.63, 3.8) is 0 Å². The molecular weight excluding hydrogens is 310 g/mol. The van der Waals surface area contributed by atoms with Crippen LogP contribution in [-0.2, 0) is 11.3 Å². The third kappa shape index (κ3) is 4.83. The van der Waals surface area contributed by atoms with Crippen LogP contribution in [0.5, 0.6) is 0 Å². The SMILES string of the molecule is Cc1cccc(CN2CCN(C(C)C(=O)N3CCC(C)CC3)CC2)c1. The fourth-order valence-electron chi connectivity index (χ4n) is 4.03. The smallest absolute Gasteiger partial charge is 0.239 e. The lowest BCUT2D eigenvalue weighted by atomic mass is 9.98. The van der Waals surface area contributed by atoms with E-state index in [1.807, 2.05) is 0 Å². The Morgan fingerprint density at radius 2 is 1.80 bits per heavy atom. The molecule has 2 aliphatic heterocycles. The largest absolute Gasteiger partial charge is 0.341 e. The molecule has 25 heavy (non-hydrogen) atoms. The molecule has 4 nitrogen and oxygen atoms in total. The summed E-state index contributed by atoms with van der Waals surface area (Å²) in [5, 5.41) is 0. The van der Waals surface area contributed by atoms with Crippen LogP contribution in [-0.4, -0.2) is 65.9 Å². The Hall–Kier alpha value is -1.39. The minimum absolute atomic E-state index is 0.0227. The summed E-state index contributed by atoms with van der Waals surface area (Å²) in [6, 6.07) is 8.80. The van der Waals surface area contributed by atoms with E-state index in [0.29, 0.717) is 5.91 Å². The number of nitrogens with zero attached hydrogens (tertiary/aromatic N) is 3. The van der Waals surface area contributed by atoms with Crippen molar-refractivity contribution in [2.24, 2.45) is 5.92 Å². The Morgan fingerprint density at radius 1 is 1.12 bits per heavy atom. The summed E-state index contributed by atoms with van der Waals surface area (Å²) in [6.07, 6.45) is 2.31. The van der Waals surface area contributed by atoms with Gasteiger partial charge in [-0.3, -0.25) is 14.6 Å². The predicted molar refractivity (Wildman–Crippen MR) is 102 cm³/mol. The van der Waals surface area contributed by atoms with Crippen LogP contribution in [0.15, 0.2) is 24.3 Å². The molecule has 2 aliphatic rings. The van der Waals surface area contributed by atoms with Crippen LogP contribution in [0.25, 0.3) is 0 Å². The molecular formula is C21H33N3O. The molecule has 1 aromatic rings. The van der Waals surface area contributed by atoms with Crippen molar-refractivity contribution < 1.29 is 4.79 Å². The second kappa shape index (κ2) is 8.33. The molecule has 2 fully saturated rings. The number of amides is 1. The molecule has 0 aliphatic carbocycles. The van der Waals surface area contributed by atoms with Crippen molar-refractivity contribution in [3.8, 4) is 0 Å². The molecule has 0 radical (unpaired) electrons. The summed E-state index contributed by atoms with van der Waals surface area (Å²) >= 11 is 0. The number of hydrogen-bond acceptors (Lipinski definition) is 3. The molecule has 0 bridgehead atoms. The van der Waals surface area contributed by atoms with Gasteiger partial charge in [0.25, 0.3) is 0 Å². The van der Waals surface area contributed by atoms with Crippen molar-refractivity contribution in [1.82, 2.24) is 14.7 Å². The first-order chi connectivity index (χ1) is 12.0. The molecule has 2 heterocycles. The van der Waals surface area contributed by atoms with Crippen molar-refractivity contribution in [2.45, 2.75) is 46.2 Å². The number of likely N-dealkylation sites (tertiary alicyclic amines) is 1. The fourth-order valence-corrected chi connectivity index (χ4v) is 4.03. The summed E-state index contributed by atoms with van der Waals surface area (Å²) in [4.78, 5) is 19.7. The second-order valence-electron chi connectivity index (χ2n) is 7.98. The van der Waals surface area contributed by atoms with Crippen molar-refractivity contribution >= 4 is 5.91 Å². The van der Waals surface area contributed by atoms with Crippen molar-refractivity contribution in [3.05, 3.63) is 35.4 Å². The van der Waals surface area contributed by atoms with E-state index in [2.05, 4.69) is 59.7 Å². The lowest BCUT2D eigenvalue weighted by molar-refractivity contribution is -0.138. The molecule has 1 atom stereocenters. The number of benzene rings is 1. The number of carbonyl (C=O) groups is 1. The van der Waals surface area contributed by atoms with E-state index in [1.54, 1.807) is 0 Å². The maximum Gasteiger partial charge on any atom is 0.239 e. The van der Waals surface area contributed by atoms with Crippen LogP contribution in [0, 0.1) is 12.8 Å². The molecule has 1 unspecified atom stereocenters. The van der Waals surface area contributed by atoms with E-state index in [-0.39, 0.29) is 6.04 Å². The van der Waals surface area contributed by atoms with Gasteiger partial charge in [0.2, 0.25) is 5.91 Å². The number of piperazine rings is 1. The highest BCUT2D eigenvalue weighted by molar-refractivity contribution is 5.81. The summed E-state index contributed by atoms with van der Waals surface area (Å²) in [7, 11) is 0. The first-order valence-electron chi connectivity index (χ1n) is 9.83. The van der Waals surface area contributed by atoms with Gasteiger partial charge in [0.05, 0.1) is 6.04 Å². The molecule has 0 spiro atoms. The molecule has 0 aromatic heterocycles. The summed E-state index contributed by atoms with van der Waals surface area (Å²) in [5.41, 5.74) is 2.71. The maximum absolute atomic E-state index is 12.8. The zero-order chi connectivity index (χ0) is 17.8. The lowest BCUT2D eigenvalue weighted by Gasteiger charge is -2.40. The molecule has 1 aromatic carbocycles. The normalized spacial score (nSPS) is 22.1. The van der Waals surface area contributed by atoms with E-state index in [1.165, 1.54) is 11.1 Å². The average Bonchev–Trinajstić information content (AvgIpc) is 2.62. The zero-order valence-corrected chi connectivity index (χ0v) is 16.1. The van der Waals surface area contributed by atoms with Gasteiger partial charge >= 0.3 is 0 Å². The molecule has 3 rings (SSSR count). The van der Waals surface area contributed by atoms with Crippen LogP contribution in [0.2, 0.25) is 0 Å². The highest BCUT2D eigenvalue weighted by Gasteiger charge is 2.30. The van der Waals surface area contributed by atoms with Crippen LogP contribution >= 0.6 is 0 Å². The quantitative estimate of drug-likeness (QED) is 0.841. The Kier molecular flexibility index (Phi) is 6.13. The van der Waals surface area contributed by atoms with E-state index in [0.717, 1.165) is 64.6 Å². The first-order valence-corrected chi connectivity index (χ1v) is 9.83. The zero-order valence-electron chi connectivity index (χ0n) is 16.1. The topological polar surface area (TPSA) is 26.8 Å². The number of piperidine rings is 1. The summed E-state index contributed by atoms with van der Waals surface area (Å²) < 4.78 is 0. The van der Waals surface area contributed by atoms with Crippen molar-refractivity contribution in [1.29, 1.82) is 0 Å². The van der Waals surface area contributed by atoms with Gasteiger partial charge in [0, 0.05) is 45.8 Å². The Morgan fingerprint density at radius 3 is 2.44 bits per heavy atom. The minimum Gasteiger partial charge on any atom is -0.341 e. The number of carbonyl (C=O) groups excluding carboxylic acids is 1. The summed E-state index contributed by atoms with van der Waals surface area (Å²) in [6.45, 7) is 13.5. The van der Waals surface area contributed by atoms with Gasteiger partial charge in [-0.25, -0.2) is 0 Å². The van der Waals surface area contributed by atoms with Gasteiger partial charge < -0.3 is 4.90 Å². The Balaban J connectivity index is 1.47. The van der Waals surface area contributed by atoms with Crippen LogP contribution in [0.4, 0.5) is 0 Å². The number of rotatable bonds is 4. The van der Waals surface area contributed by atoms with Crippen LogP contribution in [0.1, 0.15) is 37.8 Å². The molecule has 1 amide bonds. The Bertz CT molecular complexity index is 572. The third-order valence-electron chi connectivity index (χ3n) is 5.90. The van der Waals surface area contributed by atoms with Crippen LogP contribution < -0.4 is 0 Å². The number of aryl methyl sites for hydroxylation is 1. The summed E-state index contributed by atoms with van der Waals surface area (Å²) in [5.74, 6) is 1.10. The van der Waals surface area contributed by atoms with Gasteiger partial charge in [0.1, 0.15) is 0 Å². The lowest BCUT2D eigenvalue weighted by Crippen LogP contribution is -2.55. The van der Waals surface area contributed by atoms with Gasteiger partial charge in [-0.15, -0.1) is 0 Å². The monoisotopic (exact) mass is 343 g/mol.